The molecule has 3 heterocycles. The molecule has 0 radical (unpaired) electrons. The second kappa shape index (κ2) is 4.53. The van der Waals surface area contributed by atoms with Crippen LogP contribution in [-0.4, -0.2) is 19.7 Å². The average Bonchev–Trinajstić information content (AvgIpc) is 2.81. The van der Waals surface area contributed by atoms with Gasteiger partial charge in [-0.1, -0.05) is 0 Å². The van der Waals surface area contributed by atoms with E-state index in [0.717, 1.165) is 25.3 Å². The molecule has 0 amide bonds. The zero-order valence-electron chi connectivity index (χ0n) is 9.63. The van der Waals surface area contributed by atoms with Crippen LogP contribution in [0.5, 0.6) is 0 Å². The molecule has 0 spiro atoms. The standard InChI is InChI=1S/C12H15N5/c1-2-6-17-11(3-1)10(8-16-17)7-15-12-9-13-4-5-14-12/h4-5,8-9H,1-3,6-7H2,(H,14,15). The normalized spacial score (nSPS) is 14.4. The summed E-state index contributed by atoms with van der Waals surface area (Å²) in [5.41, 5.74) is 2.64. The van der Waals surface area contributed by atoms with Crippen molar-refractivity contribution >= 4 is 5.82 Å². The fourth-order valence-electron chi connectivity index (χ4n) is 2.21. The summed E-state index contributed by atoms with van der Waals surface area (Å²) in [6.45, 7) is 1.83. The molecule has 88 valence electrons. The van der Waals surface area contributed by atoms with Crippen LogP contribution in [0.4, 0.5) is 5.82 Å². The Morgan fingerprint density at radius 3 is 3.12 bits per heavy atom. The van der Waals surface area contributed by atoms with E-state index in [4.69, 9.17) is 0 Å². The lowest BCUT2D eigenvalue weighted by molar-refractivity contribution is 0.484. The molecule has 2 aromatic heterocycles. The second-order valence-electron chi connectivity index (χ2n) is 4.24. The van der Waals surface area contributed by atoms with Crippen molar-refractivity contribution in [1.29, 1.82) is 0 Å². The number of rotatable bonds is 3. The van der Waals surface area contributed by atoms with E-state index >= 15 is 0 Å². The Bertz CT molecular complexity index is 491. The van der Waals surface area contributed by atoms with E-state index in [-0.39, 0.29) is 0 Å². The van der Waals surface area contributed by atoms with E-state index in [2.05, 4.69) is 25.1 Å². The largest absolute Gasteiger partial charge is 0.365 e. The van der Waals surface area contributed by atoms with Crippen LogP contribution in [0.15, 0.2) is 24.8 Å². The number of nitrogens with one attached hydrogen (secondary N) is 1. The van der Waals surface area contributed by atoms with Crippen LogP contribution in [0, 0.1) is 0 Å². The van der Waals surface area contributed by atoms with Gasteiger partial charge in [0.25, 0.3) is 0 Å². The molecule has 0 bridgehead atoms. The van der Waals surface area contributed by atoms with Crippen LogP contribution in [0.25, 0.3) is 0 Å². The Labute approximate surface area is 99.9 Å². The lowest BCUT2D eigenvalue weighted by Gasteiger charge is -2.14. The summed E-state index contributed by atoms with van der Waals surface area (Å²) < 4.78 is 2.12. The lowest BCUT2D eigenvalue weighted by atomic mass is 10.1. The lowest BCUT2D eigenvalue weighted by Crippen LogP contribution is -2.13. The molecule has 0 atom stereocenters. The highest BCUT2D eigenvalue weighted by molar-refractivity contribution is 5.32. The minimum absolute atomic E-state index is 0.772. The van der Waals surface area contributed by atoms with Crippen molar-refractivity contribution in [3.63, 3.8) is 0 Å². The molecule has 0 saturated heterocycles. The monoisotopic (exact) mass is 229 g/mol. The van der Waals surface area contributed by atoms with Crippen molar-refractivity contribution < 1.29 is 0 Å². The molecule has 0 unspecified atom stereocenters. The van der Waals surface area contributed by atoms with Crippen LogP contribution in [0.3, 0.4) is 0 Å². The van der Waals surface area contributed by atoms with Gasteiger partial charge in [0.1, 0.15) is 5.82 Å². The SMILES string of the molecule is c1cnc(NCc2cnn3c2CCCC3)cn1. The Hall–Kier alpha value is -1.91. The van der Waals surface area contributed by atoms with Gasteiger partial charge in [0.2, 0.25) is 0 Å². The van der Waals surface area contributed by atoms with Crippen molar-refractivity contribution in [2.75, 3.05) is 5.32 Å². The molecule has 17 heavy (non-hydrogen) atoms. The highest BCUT2D eigenvalue weighted by Gasteiger charge is 2.14. The van der Waals surface area contributed by atoms with Crippen molar-refractivity contribution in [2.45, 2.75) is 32.4 Å². The number of aryl methyl sites for hydroxylation is 1. The van der Waals surface area contributed by atoms with Crippen LogP contribution < -0.4 is 5.32 Å². The van der Waals surface area contributed by atoms with Gasteiger partial charge in [-0.15, -0.1) is 0 Å². The summed E-state index contributed by atoms with van der Waals surface area (Å²) in [5, 5.41) is 7.68. The number of fused-ring (bicyclic) bond motifs is 1. The molecular formula is C12H15N5. The molecule has 0 aromatic carbocycles. The summed E-state index contributed by atoms with van der Waals surface area (Å²) in [4.78, 5) is 8.22. The predicted molar refractivity (Wildman–Crippen MR) is 64.5 cm³/mol. The third kappa shape index (κ3) is 2.13. The Balaban J connectivity index is 1.71. The van der Waals surface area contributed by atoms with Gasteiger partial charge >= 0.3 is 0 Å². The fraction of sp³-hybridized carbons (Fsp3) is 0.417. The number of hydrogen-bond donors (Lipinski definition) is 1. The Kier molecular flexibility index (Phi) is 2.73. The maximum Gasteiger partial charge on any atom is 0.144 e. The maximum absolute atomic E-state index is 4.41. The van der Waals surface area contributed by atoms with E-state index in [0.29, 0.717) is 0 Å². The molecule has 1 aliphatic heterocycles. The first-order valence-corrected chi connectivity index (χ1v) is 5.97. The molecule has 1 N–H and O–H groups in total. The number of anilines is 1. The van der Waals surface area contributed by atoms with Crippen LogP contribution in [0.2, 0.25) is 0 Å². The Morgan fingerprint density at radius 1 is 1.24 bits per heavy atom. The van der Waals surface area contributed by atoms with Crippen molar-refractivity contribution in [1.82, 2.24) is 19.7 Å². The third-order valence-electron chi connectivity index (χ3n) is 3.09. The molecule has 0 aliphatic carbocycles. The van der Waals surface area contributed by atoms with Crippen LogP contribution in [-0.2, 0) is 19.5 Å². The molecule has 1 aliphatic rings. The Morgan fingerprint density at radius 2 is 2.24 bits per heavy atom. The third-order valence-corrected chi connectivity index (χ3v) is 3.09. The molecule has 2 aromatic rings. The van der Waals surface area contributed by atoms with E-state index in [1.807, 2.05) is 6.20 Å². The van der Waals surface area contributed by atoms with Gasteiger partial charge in [0.15, 0.2) is 0 Å². The van der Waals surface area contributed by atoms with Gasteiger partial charge in [-0.05, 0) is 19.3 Å². The topological polar surface area (TPSA) is 55.6 Å². The molecular weight excluding hydrogens is 214 g/mol. The molecule has 0 fully saturated rings. The summed E-state index contributed by atoms with van der Waals surface area (Å²) in [7, 11) is 0. The number of nitrogens with zero attached hydrogens (tertiary/aromatic N) is 4. The average molecular weight is 229 g/mol. The minimum atomic E-state index is 0.772. The summed E-state index contributed by atoms with van der Waals surface area (Å²) in [5.74, 6) is 0.809. The smallest absolute Gasteiger partial charge is 0.144 e. The number of aromatic nitrogens is 4. The van der Waals surface area contributed by atoms with Crippen molar-refractivity contribution in [3.05, 3.63) is 36.0 Å². The predicted octanol–water partition coefficient (Wildman–Crippen LogP) is 1.62. The van der Waals surface area contributed by atoms with Gasteiger partial charge in [-0.3, -0.25) is 9.67 Å². The van der Waals surface area contributed by atoms with Crippen LogP contribution >= 0.6 is 0 Å². The first kappa shape index (κ1) is 10.3. The van der Waals surface area contributed by atoms with E-state index in [1.54, 1.807) is 18.6 Å². The van der Waals surface area contributed by atoms with Crippen molar-refractivity contribution in [3.8, 4) is 0 Å². The zero-order valence-corrected chi connectivity index (χ0v) is 9.63. The van der Waals surface area contributed by atoms with Gasteiger partial charge in [0.05, 0.1) is 12.4 Å². The molecule has 5 nitrogen and oxygen atoms in total. The first-order valence-electron chi connectivity index (χ1n) is 5.97. The van der Waals surface area contributed by atoms with Gasteiger partial charge in [-0.2, -0.15) is 5.10 Å². The fourth-order valence-corrected chi connectivity index (χ4v) is 2.21. The highest BCUT2D eigenvalue weighted by atomic mass is 15.3. The van der Waals surface area contributed by atoms with E-state index in [1.165, 1.54) is 24.1 Å². The maximum atomic E-state index is 4.41. The number of hydrogen-bond acceptors (Lipinski definition) is 4. The summed E-state index contributed by atoms with van der Waals surface area (Å²) in [6.07, 6.45) is 10.7. The first-order chi connectivity index (χ1) is 8.43. The second-order valence-corrected chi connectivity index (χ2v) is 4.24. The van der Waals surface area contributed by atoms with Gasteiger partial charge in [0, 0.05) is 36.7 Å². The minimum Gasteiger partial charge on any atom is -0.365 e. The van der Waals surface area contributed by atoms with Crippen LogP contribution in [0.1, 0.15) is 24.1 Å². The van der Waals surface area contributed by atoms with Gasteiger partial charge in [-0.25, -0.2) is 4.98 Å². The summed E-state index contributed by atoms with van der Waals surface area (Å²) >= 11 is 0. The molecule has 0 saturated carbocycles. The summed E-state index contributed by atoms with van der Waals surface area (Å²) in [6, 6.07) is 0. The van der Waals surface area contributed by atoms with E-state index in [9.17, 15) is 0 Å². The zero-order chi connectivity index (χ0) is 11.5. The van der Waals surface area contributed by atoms with Crippen molar-refractivity contribution in [2.24, 2.45) is 0 Å². The quantitative estimate of drug-likeness (QED) is 0.869. The molecule has 5 heteroatoms. The van der Waals surface area contributed by atoms with Gasteiger partial charge < -0.3 is 5.32 Å². The van der Waals surface area contributed by atoms with E-state index < -0.39 is 0 Å². The highest BCUT2D eigenvalue weighted by Crippen LogP contribution is 2.18. The molecule has 3 rings (SSSR count).